The molecule has 0 bridgehead atoms. The topological polar surface area (TPSA) is 26.3 Å². The molecule has 0 fully saturated rings. The van der Waals surface area contributed by atoms with E-state index in [1.54, 1.807) is 0 Å². The average Bonchev–Trinajstić information content (AvgIpc) is 2.01. The fraction of sp³-hybridized carbons (Fsp3) is 1.00. The molecule has 0 aliphatic rings. The van der Waals surface area contributed by atoms with Crippen LogP contribution in [0.15, 0.2) is 0 Å². The fourth-order valence-electron chi connectivity index (χ4n) is 0.477. The third-order valence-corrected chi connectivity index (χ3v) is 1.63. The molecule has 2 nitrogen and oxygen atoms in total. The first-order chi connectivity index (χ1) is 6.81. The summed E-state index contributed by atoms with van der Waals surface area (Å²) in [5.74, 6) is -13.9. The minimum absolute atomic E-state index is 2.38. The van der Waals surface area contributed by atoms with Gasteiger partial charge in [0.25, 0.3) is 0 Å². The third kappa shape index (κ3) is 2.24. The number of alkyl halides is 9. The van der Waals surface area contributed by atoms with E-state index in [2.05, 4.69) is 4.52 Å². The molecule has 0 N–H and O–H groups in total. The molecule has 0 aliphatic carbocycles. The van der Waals surface area contributed by atoms with Crippen molar-refractivity contribution in [2.75, 3.05) is 0 Å². The molecule has 12 heteroatoms. The van der Waals surface area contributed by atoms with Gasteiger partial charge in [0.05, 0.1) is 0 Å². The predicted molar refractivity (Wildman–Crippen MR) is 31.0 cm³/mol. The van der Waals surface area contributed by atoms with Gasteiger partial charge >= 0.3 is 32.8 Å². The summed E-state index contributed by atoms with van der Waals surface area (Å²) in [6.45, 7) is 0. The molecule has 0 spiro atoms. The highest BCUT2D eigenvalue weighted by molar-refractivity contribution is 7.17. The van der Waals surface area contributed by atoms with E-state index in [1.165, 1.54) is 0 Å². The van der Waals surface area contributed by atoms with Crippen molar-refractivity contribution in [1.29, 1.82) is 0 Å². The Morgan fingerprint density at radius 2 is 1.12 bits per heavy atom. The third-order valence-electron chi connectivity index (χ3n) is 1.29. The molecule has 0 radical (unpaired) electrons. The molecule has 1 unspecified atom stereocenters. The lowest BCUT2D eigenvalue weighted by Gasteiger charge is -2.30. The van der Waals surface area contributed by atoms with Crippen LogP contribution >= 0.6 is 8.69 Å². The predicted octanol–water partition coefficient (Wildman–Crippen LogP) is 3.37. The van der Waals surface area contributed by atoms with Crippen LogP contribution < -0.4 is 0 Å². The van der Waals surface area contributed by atoms with E-state index in [9.17, 15) is 44.1 Å². The Hall–Kier alpha value is -0.570. The molecule has 0 heterocycles. The van der Waals surface area contributed by atoms with E-state index in [1.807, 2.05) is 0 Å². The first kappa shape index (κ1) is 15.4. The highest BCUT2D eigenvalue weighted by Gasteiger charge is 2.84. The summed E-state index contributed by atoms with van der Waals surface area (Å²) in [6, 6.07) is 0. The van der Waals surface area contributed by atoms with Gasteiger partial charge in [-0.25, -0.2) is 0 Å². The number of halogens is 9. The lowest BCUT2D eigenvalue weighted by atomic mass is 10.1. The summed E-state index contributed by atoms with van der Waals surface area (Å²) in [4.78, 5) is 0. The van der Waals surface area contributed by atoms with E-state index in [-0.39, 0.29) is 0 Å². The first-order valence-electron chi connectivity index (χ1n) is 3.06. The highest BCUT2D eigenvalue weighted by atomic mass is 31.1. The summed E-state index contributed by atoms with van der Waals surface area (Å²) in [5, 5.41) is 0. The van der Waals surface area contributed by atoms with Gasteiger partial charge < -0.3 is 0 Å². The Morgan fingerprint density at radius 1 is 0.750 bits per heavy atom. The van der Waals surface area contributed by atoms with Gasteiger partial charge in [-0.05, 0) is 4.57 Å². The van der Waals surface area contributed by atoms with Crippen molar-refractivity contribution in [3.63, 3.8) is 0 Å². The summed E-state index contributed by atoms with van der Waals surface area (Å²) < 4.78 is 119. The second-order valence-electron chi connectivity index (χ2n) is 2.35. The van der Waals surface area contributed by atoms with Crippen LogP contribution in [0.2, 0.25) is 0 Å². The minimum atomic E-state index is -7.02. The maximum Gasteiger partial charge on any atom is 0.500 e. The van der Waals surface area contributed by atoms with Crippen LogP contribution in [-0.4, -0.2) is 24.1 Å². The van der Waals surface area contributed by atoms with E-state index in [0.29, 0.717) is 0 Å². The zero-order valence-corrected chi connectivity index (χ0v) is 7.72. The zero-order chi connectivity index (χ0) is 13.4. The Labute approximate surface area is 82.6 Å². The summed E-state index contributed by atoms with van der Waals surface area (Å²) in [6.07, 6.45) is -13.1. The summed E-state index contributed by atoms with van der Waals surface area (Å²) in [7, 11) is -2.64. The zero-order valence-electron chi connectivity index (χ0n) is 6.72. The Balaban J connectivity index is 5.42. The van der Waals surface area contributed by atoms with Crippen LogP contribution in [0, 0.1) is 0 Å². The summed E-state index contributed by atoms with van der Waals surface area (Å²) >= 11 is 0. The summed E-state index contributed by atoms with van der Waals surface area (Å²) in [5.41, 5.74) is 0. The molecule has 0 amide bonds. The molecule has 0 aromatic carbocycles. The molecule has 0 aliphatic heterocycles. The average molecular weight is 283 g/mol. The van der Waals surface area contributed by atoms with Crippen LogP contribution in [0.3, 0.4) is 0 Å². The molecule has 0 aromatic heterocycles. The molecule has 1 atom stereocenters. The van der Waals surface area contributed by atoms with Gasteiger partial charge in [0, 0.05) is 0 Å². The SMILES string of the molecule is O=[PH+]OC(F)(F)C(F)(F)C(F)(F)C(F)(F)F. The van der Waals surface area contributed by atoms with Crippen molar-refractivity contribution < 1.29 is 48.6 Å². The van der Waals surface area contributed by atoms with Gasteiger partial charge in [0.2, 0.25) is 0 Å². The number of hydrogen-bond acceptors (Lipinski definition) is 2. The molecule has 0 saturated carbocycles. The normalized spacial score (nSPS) is 15.6. The highest BCUT2D eigenvalue weighted by Crippen LogP contribution is 2.53. The van der Waals surface area contributed by atoms with Gasteiger partial charge in [0.1, 0.15) is 0 Å². The molecular weight excluding hydrogens is 282 g/mol. The Bertz CT molecular complexity index is 271. The Morgan fingerprint density at radius 3 is 1.38 bits per heavy atom. The second kappa shape index (κ2) is 4.02. The smallest absolute Gasteiger partial charge is 0.189 e. The second-order valence-corrected chi connectivity index (χ2v) is 2.72. The molecule has 0 saturated heterocycles. The van der Waals surface area contributed by atoms with Gasteiger partial charge in [-0.2, -0.15) is 39.5 Å². The number of hydrogen-bond donors (Lipinski definition) is 0. The van der Waals surface area contributed by atoms with Crippen LogP contribution in [0.1, 0.15) is 0 Å². The quantitative estimate of drug-likeness (QED) is 0.584. The van der Waals surface area contributed by atoms with Gasteiger partial charge in [-0.1, -0.05) is 4.52 Å². The number of rotatable bonds is 4. The lowest BCUT2D eigenvalue weighted by molar-refractivity contribution is -0.427. The molecule has 16 heavy (non-hydrogen) atoms. The fourth-order valence-corrected chi connectivity index (χ4v) is 0.710. The van der Waals surface area contributed by atoms with E-state index < -0.39 is 32.8 Å². The Kier molecular flexibility index (Phi) is 3.88. The lowest BCUT2D eigenvalue weighted by Crippen LogP contribution is -2.61. The largest absolute Gasteiger partial charge is 0.500 e. The van der Waals surface area contributed by atoms with Crippen molar-refractivity contribution in [2.24, 2.45) is 0 Å². The van der Waals surface area contributed by atoms with Crippen molar-refractivity contribution in [3.05, 3.63) is 0 Å². The minimum Gasteiger partial charge on any atom is -0.189 e. The van der Waals surface area contributed by atoms with E-state index in [4.69, 9.17) is 0 Å². The standard InChI is InChI=1S/C4HF9O2P/c5-1(6,3(9,10)11)2(7,8)4(12,13)15-16-14/h16H/q+1. The molecular formula is C4HF9O2P+. The molecule has 0 aromatic rings. The van der Waals surface area contributed by atoms with E-state index >= 15 is 0 Å². The monoisotopic (exact) mass is 283 g/mol. The van der Waals surface area contributed by atoms with Crippen LogP contribution in [0.5, 0.6) is 0 Å². The van der Waals surface area contributed by atoms with Crippen LogP contribution in [0.25, 0.3) is 0 Å². The molecule has 0 rings (SSSR count). The van der Waals surface area contributed by atoms with Gasteiger partial charge in [-0.15, -0.1) is 0 Å². The maximum atomic E-state index is 12.2. The van der Waals surface area contributed by atoms with Crippen LogP contribution in [-0.2, 0) is 9.09 Å². The van der Waals surface area contributed by atoms with Crippen LogP contribution in [0.4, 0.5) is 39.5 Å². The van der Waals surface area contributed by atoms with Crippen molar-refractivity contribution in [1.82, 2.24) is 0 Å². The van der Waals surface area contributed by atoms with Crippen molar-refractivity contribution >= 4 is 8.69 Å². The van der Waals surface area contributed by atoms with E-state index in [0.717, 1.165) is 0 Å². The van der Waals surface area contributed by atoms with Crippen molar-refractivity contribution in [3.8, 4) is 0 Å². The first-order valence-corrected chi connectivity index (χ1v) is 3.88. The molecule has 96 valence electrons. The maximum absolute atomic E-state index is 12.2. The van der Waals surface area contributed by atoms with Gasteiger partial charge in [-0.3, -0.25) is 0 Å². The van der Waals surface area contributed by atoms with Gasteiger partial charge in [0.15, 0.2) is 0 Å². The van der Waals surface area contributed by atoms with Crippen molar-refractivity contribution in [2.45, 2.75) is 24.1 Å².